The van der Waals surface area contributed by atoms with Crippen LogP contribution in [0.15, 0.2) is 29.3 Å². The van der Waals surface area contributed by atoms with Crippen molar-refractivity contribution in [3.05, 3.63) is 35.4 Å². The number of methoxy groups -OCH3 is 1. The molecule has 1 fully saturated rings. The van der Waals surface area contributed by atoms with E-state index in [1.54, 1.807) is 14.2 Å². The zero-order valence-corrected chi connectivity index (χ0v) is 14.8. The van der Waals surface area contributed by atoms with Crippen LogP contribution in [0.1, 0.15) is 30.9 Å². The van der Waals surface area contributed by atoms with Crippen LogP contribution in [0, 0.1) is 0 Å². The lowest BCUT2D eigenvalue weighted by atomic mass is 10.1. The van der Waals surface area contributed by atoms with Gasteiger partial charge in [-0.05, 0) is 17.5 Å². The van der Waals surface area contributed by atoms with Crippen LogP contribution in [0.2, 0.25) is 0 Å². The van der Waals surface area contributed by atoms with Crippen LogP contribution < -0.4 is 10.6 Å². The maximum absolute atomic E-state index is 11.7. The first-order valence-electron chi connectivity index (χ1n) is 8.48. The average molecular weight is 332 g/mol. The minimum absolute atomic E-state index is 0.221. The van der Waals surface area contributed by atoms with Crippen LogP contribution in [-0.4, -0.2) is 50.1 Å². The van der Waals surface area contributed by atoms with Crippen molar-refractivity contribution in [3.8, 4) is 0 Å². The van der Waals surface area contributed by atoms with Gasteiger partial charge in [-0.3, -0.25) is 9.79 Å². The zero-order chi connectivity index (χ0) is 17.4. The van der Waals surface area contributed by atoms with E-state index in [4.69, 9.17) is 4.74 Å². The van der Waals surface area contributed by atoms with Crippen molar-refractivity contribution in [1.82, 2.24) is 15.5 Å². The Morgan fingerprint density at radius 1 is 1.33 bits per heavy atom. The van der Waals surface area contributed by atoms with Gasteiger partial charge in [0.05, 0.1) is 6.61 Å². The van der Waals surface area contributed by atoms with Crippen molar-refractivity contribution in [3.63, 3.8) is 0 Å². The Balaban J connectivity index is 1.79. The number of likely N-dealkylation sites (tertiary alicyclic amines) is 1. The molecule has 1 aromatic rings. The fourth-order valence-corrected chi connectivity index (χ4v) is 2.82. The summed E-state index contributed by atoms with van der Waals surface area (Å²) in [6.45, 7) is 4.81. The summed E-state index contributed by atoms with van der Waals surface area (Å²) in [6, 6.07) is 8.58. The van der Waals surface area contributed by atoms with E-state index in [2.05, 4.69) is 39.9 Å². The summed E-state index contributed by atoms with van der Waals surface area (Å²) in [5.41, 5.74) is 2.35. The Morgan fingerprint density at radius 2 is 2.04 bits per heavy atom. The molecule has 1 amide bonds. The summed E-state index contributed by atoms with van der Waals surface area (Å²) in [5.74, 6) is 0.991. The number of ether oxygens (including phenoxy) is 1. The monoisotopic (exact) mass is 332 g/mol. The van der Waals surface area contributed by atoms with Gasteiger partial charge in [0.1, 0.15) is 0 Å². The first kappa shape index (κ1) is 18.3. The Hall–Kier alpha value is -2.08. The molecule has 1 aromatic carbocycles. The summed E-state index contributed by atoms with van der Waals surface area (Å²) in [7, 11) is 3.46. The van der Waals surface area contributed by atoms with Crippen LogP contribution in [0.3, 0.4) is 0 Å². The maximum Gasteiger partial charge on any atom is 0.222 e. The van der Waals surface area contributed by atoms with Gasteiger partial charge in [-0.1, -0.05) is 31.2 Å². The number of hydrogen-bond donors (Lipinski definition) is 2. The molecule has 0 saturated carbocycles. The molecule has 6 nitrogen and oxygen atoms in total. The first-order valence-corrected chi connectivity index (χ1v) is 8.48. The van der Waals surface area contributed by atoms with Crippen LogP contribution in [0.25, 0.3) is 0 Å². The number of benzene rings is 1. The van der Waals surface area contributed by atoms with Gasteiger partial charge in [0.15, 0.2) is 5.96 Å². The first-order chi connectivity index (χ1) is 11.7. The van der Waals surface area contributed by atoms with Crippen LogP contribution in [-0.2, 0) is 22.7 Å². The van der Waals surface area contributed by atoms with Crippen molar-refractivity contribution in [2.24, 2.45) is 4.99 Å². The van der Waals surface area contributed by atoms with E-state index >= 15 is 0 Å². The molecule has 1 aliphatic heterocycles. The van der Waals surface area contributed by atoms with Gasteiger partial charge >= 0.3 is 0 Å². The summed E-state index contributed by atoms with van der Waals surface area (Å²) >= 11 is 0. The number of carbonyl (C=O) groups is 1. The lowest BCUT2D eigenvalue weighted by Gasteiger charge is -2.18. The molecule has 132 valence electrons. The van der Waals surface area contributed by atoms with E-state index in [0.717, 1.165) is 31.0 Å². The van der Waals surface area contributed by atoms with E-state index in [1.807, 2.05) is 11.8 Å². The van der Waals surface area contributed by atoms with Crippen molar-refractivity contribution < 1.29 is 9.53 Å². The molecule has 2 rings (SSSR count). The predicted molar refractivity (Wildman–Crippen MR) is 95.8 cm³/mol. The molecule has 24 heavy (non-hydrogen) atoms. The second-order valence-electron chi connectivity index (χ2n) is 6.00. The molecule has 1 saturated heterocycles. The van der Waals surface area contributed by atoms with Gasteiger partial charge in [0, 0.05) is 46.3 Å². The summed E-state index contributed by atoms with van der Waals surface area (Å²) < 4.78 is 5.12. The number of aliphatic imine (C=N–C) groups is 1. The quantitative estimate of drug-likeness (QED) is 0.612. The number of nitrogens with one attached hydrogen (secondary N) is 2. The zero-order valence-electron chi connectivity index (χ0n) is 14.8. The second kappa shape index (κ2) is 9.27. The van der Waals surface area contributed by atoms with Gasteiger partial charge in [0.2, 0.25) is 5.91 Å². The molecular weight excluding hydrogens is 304 g/mol. The molecule has 6 heteroatoms. The Kier molecular flexibility index (Phi) is 7.06. The van der Waals surface area contributed by atoms with E-state index in [9.17, 15) is 4.79 Å². The smallest absolute Gasteiger partial charge is 0.222 e. The van der Waals surface area contributed by atoms with Gasteiger partial charge in [0.25, 0.3) is 0 Å². The van der Waals surface area contributed by atoms with E-state index < -0.39 is 0 Å². The maximum atomic E-state index is 11.7. The Labute approximate surface area is 144 Å². The summed E-state index contributed by atoms with van der Waals surface area (Å²) in [4.78, 5) is 17.9. The second-order valence-corrected chi connectivity index (χ2v) is 6.00. The van der Waals surface area contributed by atoms with Gasteiger partial charge in [-0.15, -0.1) is 0 Å². The third-order valence-corrected chi connectivity index (χ3v) is 4.20. The predicted octanol–water partition coefficient (Wildman–Crippen LogP) is 1.51. The highest BCUT2D eigenvalue weighted by atomic mass is 16.5. The molecule has 0 aromatic heterocycles. The normalized spacial score (nSPS) is 17.9. The van der Waals surface area contributed by atoms with Crippen molar-refractivity contribution in [2.45, 2.75) is 39.0 Å². The molecule has 2 N–H and O–H groups in total. The summed E-state index contributed by atoms with van der Waals surface area (Å²) in [6.07, 6.45) is 1.52. The number of guanidine groups is 1. The van der Waals surface area contributed by atoms with Gasteiger partial charge in [-0.2, -0.15) is 0 Å². The van der Waals surface area contributed by atoms with Gasteiger partial charge in [-0.25, -0.2) is 0 Å². The number of nitrogens with zero attached hydrogens (tertiary/aromatic N) is 2. The van der Waals surface area contributed by atoms with E-state index in [1.165, 1.54) is 5.56 Å². The van der Waals surface area contributed by atoms with E-state index in [-0.39, 0.29) is 11.9 Å². The fraction of sp³-hybridized carbons (Fsp3) is 0.556. The molecule has 0 bridgehead atoms. The highest BCUT2D eigenvalue weighted by molar-refractivity contribution is 5.80. The van der Waals surface area contributed by atoms with Crippen LogP contribution in [0.5, 0.6) is 0 Å². The molecule has 0 spiro atoms. The third-order valence-electron chi connectivity index (χ3n) is 4.20. The number of hydrogen-bond acceptors (Lipinski definition) is 3. The Morgan fingerprint density at radius 3 is 2.67 bits per heavy atom. The molecule has 1 aliphatic rings. The fourth-order valence-electron chi connectivity index (χ4n) is 2.82. The summed E-state index contributed by atoms with van der Waals surface area (Å²) in [5, 5.41) is 6.73. The lowest BCUT2D eigenvalue weighted by Crippen LogP contribution is -2.44. The largest absolute Gasteiger partial charge is 0.380 e. The van der Waals surface area contributed by atoms with E-state index in [0.29, 0.717) is 19.6 Å². The van der Waals surface area contributed by atoms with Crippen LogP contribution >= 0.6 is 0 Å². The molecular formula is C18H28N4O2. The number of amides is 1. The molecule has 0 radical (unpaired) electrons. The van der Waals surface area contributed by atoms with Crippen LogP contribution in [0.4, 0.5) is 0 Å². The lowest BCUT2D eigenvalue weighted by molar-refractivity contribution is -0.129. The van der Waals surface area contributed by atoms with Crippen molar-refractivity contribution in [2.75, 3.05) is 27.2 Å². The standard InChI is InChI=1S/C18H28N4O2/c1-4-17(23)22-10-9-16(12-22)21-18(19-2)20-11-14-5-7-15(8-6-14)13-24-3/h5-8,16H,4,9-13H2,1-3H3,(H2,19,20,21). The third kappa shape index (κ3) is 5.23. The topological polar surface area (TPSA) is 66.0 Å². The molecule has 1 unspecified atom stereocenters. The number of rotatable bonds is 6. The number of carbonyl (C=O) groups excluding carboxylic acids is 1. The van der Waals surface area contributed by atoms with Crippen molar-refractivity contribution in [1.29, 1.82) is 0 Å². The van der Waals surface area contributed by atoms with Gasteiger partial charge < -0.3 is 20.3 Å². The minimum atomic E-state index is 0.221. The molecule has 1 heterocycles. The molecule has 0 aliphatic carbocycles. The highest BCUT2D eigenvalue weighted by Gasteiger charge is 2.25. The highest BCUT2D eigenvalue weighted by Crippen LogP contribution is 2.10. The molecule has 1 atom stereocenters. The van der Waals surface area contributed by atoms with Crippen molar-refractivity contribution >= 4 is 11.9 Å². The Bertz CT molecular complexity index is 557. The SMILES string of the molecule is CCC(=O)N1CCC(NC(=NC)NCc2ccc(COC)cc2)C1. The average Bonchev–Trinajstić information content (AvgIpc) is 3.08. The minimum Gasteiger partial charge on any atom is -0.380 e.